The van der Waals surface area contributed by atoms with E-state index in [1.807, 2.05) is 12.1 Å². The first-order chi connectivity index (χ1) is 13.6. The van der Waals surface area contributed by atoms with Crippen LogP contribution in [-0.4, -0.2) is 55.0 Å². The van der Waals surface area contributed by atoms with Gasteiger partial charge in [0, 0.05) is 29.8 Å². The van der Waals surface area contributed by atoms with Crippen LogP contribution in [0.25, 0.3) is 0 Å². The third-order valence-electron chi connectivity index (χ3n) is 6.61. The van der Waals surface area contributed by atoms with Gasteiger partial charge in [0.15, 0.2) is 0 Å². The van der Waals surface area contributed by atoms with Gasteiger partial charge in [0.1, 0.15) is 5.75 Å². The van der Waals surface area contributed by atoms with Crippen molar-refractivity contribution in [2.24, 2.45) is 16.8 Å². The number of hydrogen-bond acceptors (Lipinski definition) is 6. The molecule has 0 aromatic heterocycles. The zero-order chi connectivity index (χ0) is 19.8. The molecule has 0 aliphatic carbocycles. The molecule has 6 nitrogen and oxygen atoms in total. The third kappa shape index (κ3) is 3.00. The Labute approximate surface area is 165 Å². The Balaban J connectivity index is 1.67. The highest BCUT2D eigenvalue weighted by molar-refractivity contribution is 6.03. The molecule has 3 aliphatic heterocycles. The first-order valence-electron chi connectivity index (χ1n) is 10.0. The minimum absolute atomic E-state index is 0.0670. The van der Waals surface area contributed by atoms with E-state index in [-0.39, 0.29) is 23.8 Å². The monoisotopic (exact) mass is 384 g/mol. The molecule has 28 heavy (non-hydrogen) atoms. The molecule has 3 aliphatic rings. The second-order valence-corrected chi connectivity index (χ2v) is 7.91. The summed E-state index contributed by atoms with van der Waals surface area (Å²) in [6, 6.07) is 5.74. The highest BCUT2D eigenvalue weighted by Crippen LogP contribution is 2.49. The summed E-state index contributed by atoms with van der Waals surface area (Å²) in [7, 11) is 2.98. The number of piperidine rings is 2. The fourth-order valence-electron chi connectivity index (χ4n) is 5.27. The number of carbonyl (C=O) groups excluding carboxylic acids is 1. The summed E-state index contributed by atoms with van der Waals surface area (Å²) in [6.45, 7) is 4.08. The molecule has 4 rings (SSSR count). The molecule has 2 saturated heterocycles. The normalized spacial score (nSPS) is 29.4. The number of hydrogen-bond donors (Lipinski definition) is 1. The highest BCUT2D eigenvalue weighted by Gasteiger charge is 2.47. The Morgan fingerprint density at radius 3 is 2.93 bits per heavy atom. The molecular weight excluding hydrogens is 356 g/mol. The molecule has 0 saturated carbocycles. The molecule has 6 heteroatoms. The van der Waals surface area contributed by atoms with Gasteiger partial charge < -0.3 is 14.6 Å². The average molecular weight is 384 g/mol. The van der Waals surface area contributed by atoms with Crippen molar-refractivity contribution in [2.75, 3.05) is 27.3 Å². The lowest BCUT2D eigenvalue weighted by Gasteiger charge is -2.48. The molecule has 2 fully saturated rings. The maximum Gasteiger partial charge on any atom is 0.337 e. The summed E-state index contributed by atoms with van der Waals surface area (Å²) in [6.07, 6.45) is 4.32. The Morgan fingerprint density at radius 2 is 2.21 bits per heavy atom. The molecule has 0 bridgehead atoms. The van der Waals surface area contributed by atoms with Gasteiger partial charge in [-0.05, 0) is 43.4 Å². The van der Waals surface area contributed by atoms with Gasteiger partial charge in [-0.1, -0.05) is 19.4 Å². The summed E-state index contributed by atoms with van der Waals surface area (Å²) in [5.74, 6) is 0.621. The number of aliphatic imine (C=N–C) groups is 1. The zero-order valence-corrected chi connectivity index (χ0v) is 16.7. The molecule has 1 aromatic rings. The van der Waals surface area contributed by atoms with Gasteiger partial charge in [0.25, 0.3) is 0 Å². The van der Waals surface area contributed by atoms with E-state index >= 15 is 0 Å². The van der Waals surface area contributed by atoms with Crippen molar-refractivity contribution >= 4 is 17.4 Å². The maximum atomic E-state index is 12.4. The number of benzene rings is 1. The van der Waals surface area contributed by atoms with Crippen molar-refractivity contribution in [2.45, 2.75) is 38.1 Å². The first kappa shape index (κ1) is 19.0. The minimum Gasteiger partial charge on any atom is -0.508 e. The van der Waals surface area contributed by atoms with Crippen LogP contribution in [0.15, 0.2) is 35.0 Å². The van der Waals surface area contributed by atoms with E-state index in [1.54, 1.807) is 19.4 Å². The van der Waals surface area contributed by atoms with Crippen molar-refractivity contribution in [3.8, 4) is 5.75 Å². The quantitative estimate of drug-likeness (QED) is 0.489. The van der Waals surface area contributed by atoms with Crippen LogP contribution in [0.3, 0.4) is 0 Å². The number of phenols is 1. The number of esters is 1. The van der Waals surface area contributed by atoms with Crippen LogP contribution in [0.5, 0.6) is 5.75 Å². The second kappa shape index (κ2) is 7.59. The summed E-state index contributed by atoms with van der Waals surface area (Å²) in [5.41, 5.74) is 3.59. The molecule has 3 heterocycles. The number of fused-ring (bicyclic) bond motifs is 5. The van der Waals surface area contributed by atoms with Gasteiger partial charge >= 0.3 is 5.97 Å². The Bertz CT molecular complexity index is 832. The van der Waals surface area contributed by atoms with Gasteiger partial charge in [-0.25, -0.2) is 4.79 Å². The number of carbonyl (C=O) groups is 1. The molecule has 1 aromatic carbocycles. The molecule has 4 atom stereocenters. The van der Waals surface area contributed by atoms with Crippen molar-refractivity contribution in [1.82, 2.24) is 4.90 Å². The van der Waals surface area contributed by atoms with Crippen molar-refractivity contribution < 1.29 is 19.4 Å². The Kier molecular flexibility index (Phi) is 5.15. The van der Waals surface area contributed by atoms with E-state index < -0.39 is 0 Å². The summed E-state index contributed by atoms with van der Waals surface area (Å²) < 4.78 is 10.3. The first-order valence-corrected chi connectivity index (χ1v) is 10.0. The SMILES string of the molecule is CC[C@@H]1CN2CCC3C(=Nc4cccc(O)c43)[C@@H]2C[C@@H]1/C(=C\OC)C(=O)OC. The zero-order valence-electron chi connectivity index (χ0n) is 16.7. The van der Waals surface area contributed by atoms with Crippen LogP contribution in [0, 0.1) is 11.8 Å². The van der Waals surface area contributed by atoms with Gasteiger partial charge in [-0.2, -0.15) is 0 Å². The van der Waals surface area contributed by atoms with E-state index in [1.165, 1.54) is 7.11 Å². The molecule has 0 radical (unpaired) electrons. The van der Waals surface area contributed by atoms with Crippen molar-refractivity contribution in [3.05, 3.63) is 35.6 Å². The topological polar surface area (TPSA) is 71.4 Å². The predicted octanol–water partition coefficient (Wildman–Crippen LogP) is 3.39. The number of aromatic hydroxyl groups is 1. The predicted molar refractivity (Wildman–Crippen MR) is 107 cm³/mol. The Morgan fingerprint density at radius 1 is 1.39 bits per heavy atom. The lowest BCUT2D eigenvalue weighted by atomic mass is 9.71. The molecule has 0 spiro atoms. The largest absolute Gasteiger partial charge is 0.508 e. The summed E-state index contributed by atoms with van der Waals surface area (Å²) in [5, 5.41) is 10.4. The fourth-order valence-corrected chi connectivity index (χ4v) is 5.27. The maximum absolute atomic E-state index is 12.4. The van der Waals surface area contributed by atoms with Crippen molar-refractivity contribution in [3.63, 3.8) is 0 Å². The number of rotatable bonds is 4. The standard InChI is InChI=1S/C22H28N2O4/c1-4-13-11-24-9-8-14-20-17(6-5-7-19(20)25)23-21(14)18(24)10-15(13)16(12-27-2)22(26)28-3/h5-7,12-15,18,25H,4,8-11H2,1-3H3/b16-12+/t13-,14?,15+,18+/m1/s1. The van der Waals surface area contributed by atoms with E-state index in [4.69, 9.17) is 14.5 Å². The van der Waals surface area contributed by atoms with Crippen molar-refractivity contribution in [1.29, 1.82) is 0 Å². The molecule has 150 valence electrons. The smallest absolute Gasteiger partial charge is 0.337 e. The van der Waals surface area contributed by atoms with Crippen LogP contribution in [-0.2, 0) is 14.3 Å². The van der Waals surface area contributed by atoms with Gasteiger partial charge in [0.05, 0.1) is 31.7 Å². The number of nitrogens with zero attached hydrogens (tertiary/aromatic N) is 2. The van der Waals surface area contributed by atoms with Gasteiger partial charge in [-0.3, -0.25) is 9.89 Å². The van der Waals surface area contributed by atoms with Crippen LogP contribution in [0.2, 0.25) is 0 Å². The van der Waals surface area contributed by atoms with Crippen LogP contribution in [0.1, 0.15) is 37.7 Å². The minimum atomic E-state index is -0.319. The fraction of sp³-hybridized carbons (Fsp3) is 0.545. The summed E-state index contributed by atoms with van der Waals surface area (Å²) >= 11 is 0. The lowest BCUT2D eigenvalue weighted by Crippen LogP contribution is -2.55. The lowest BCUT2D eigenvalue weighted by molar-refractivity contribution is -0.137. The molecular formula is C22H28N2O4. The average Bonchev–Trinajstić information content (AvgIpc) is 3.10. The number of methoxy groups -OCH3 is 2. The van der Waals surface area contributed by atoms with Crippen LogP contribution < -0.4 is 0 Å². The van der Waals surface area contributed by atoms with E-state index in [2.05, 4.69) is 11.8 Å². The van der Waals surface area contributed by atoms with E-state index in [0.717, 1.165) is 49.3 Å². The molecule has 0 amide bonds. The van der Waals surface area contributed by atoms with E-state index in [0.29, 0.717) is 17.2 Å². The number of ether oxygens (including phenoxy) is 2. The molecule has 1 unspecified atom stereocenters. The Hall–Kier alpha value is -2.34. The van der Waals surface area contributed by atoms with Crippen LogP contribution in [0.4, 0.5) is 5.69 Å². The van der Waals surface area contributed by atoms with Gasteiger partial charge in [0.2, 0.25) is 0 Å². The highest BCUT2D eigenvalue weighted by atomic mass is 16.5. The van der Waals surface area contributed by atoms with Crippen LogP contribution >= 0.6 is 0 Å². The van der Waals surface area contributed by atoms with E-state index in [9.17, 15) is 9.90 Å². The summed E-state index contributed by atoms with van der Waals surface area (Å²) in [4.78, 5) is 19.9. The van der Waals surface area contributed by atoms with Gasteiger partial charge in [-0.15, -0.1) is 0 Å². The number of phenolic OH excluding ortho intramolecular Hbond substituents is 1. The third-order valence-corrected chi connectivity index (χ3v) is 6.61. The second-order valence-electron chi connectivity index (χ2n) is 7.91. The molecule has 1 N–H and O–H groups in total.